The number of hydrogen-bond donors (Lipinski definition) is 0. The van der Waals surface area contributed by atoms with E-state index in [4.69, 9.17) is 0 Å². The molecule has 7 rings (SSSR count). The van der Waals surface area contributed by atoms with Gasteiger partial charge in [0, 0.05) is 5.39 Å². The fraction of sp³-hybridized carbons (Fsp3) is 0.118. The molecule has 168 valence electrons. The number of rotatable bonds is 2. The molecule has 35 heavy (non-hydrogen) atoms. The van der Waals surface area contributed by atoms with E-state index in [-0.39, 0.29) is 5.82 Å². The second-order valence-electron chi connectivity index (χ2n) is 9.63. The van der Waals surface area contributed by atoms with Crippen molar-refractivity contribution in [1.29, 1.82) is 0 Å². The third-order valence-corrected chi connectivity index (χ3v) is 7.74. The molecule has 0 saturated heterocycles. The molecular weight excluding hydrogens is 427 g/mol. The van der Waals surface area contributed by atoms with Crippen molar-refractivity contribution in [1.82, 2.24) is 0 Å². The first-order valence-electron chi connectivity index (χ1n) is 12.5. The van der Waals surface area contributed by atoms with E-state index < -0.39 is 0 Å². The predicted octanol–water partition coefficient (Wildman–Crippen LogP) is 9.50. The zero-order chi connectivity index (χ0) is 23.4. The van der Waals surface area contributed by atoms with Crippen LogP contribution in [0.4, 0.5) is 4.39 Å². The Labute approximate surface area is 204 Å². The lowest BCUT2D eigenvalue weighted by molar-refractivity contribution is 0.640. The van der Waals surface area contributed by atoms with E-state index in [0.717, 1.165) is 17.4 Å². The first-order valence-corrected chi connectivity index (χ1v) is 12.5. The average Bonchev–Trinajstić information content (AvgIpc) is 2.92. The van der Waals surface area contributed by atoms with E-state index >= 15 is 0 Å². The maximum atomic E-state index is 14.8. The Bertz CT molecular complexity index is 1700. The topological polar surface area (TPSA) is 0 Å². The van der Waals surface area contributed by atoms with Crippen LogP contribution in [0.15, 0.2) is 103 Å². The lowest BCUT2D eigenvalue weighted by Gasteiger charge is -2.23. The molecule has 0 fully saturated rings. The van der Waals surface area contributed by atoms with Crippen LogP contribution in [0.1, 0.15) is 24.0 Å². The summed E-state index contributed by atoms with van der Waals surface area (Å²) in [6.07, 6.45) is 4.82. The van der Waals surface area contributed by atoms with Crippen molar-refractivity contribution in [3.63, 3.8) is 0 Å². The van der Waals surface area contributed by atoms with Gasteiger partial charge >= 0.3 is 0 Å². The summed E-state index contributed by atoms with van der Waals surface area (Å²) in [6.45, 7) is 0. The fourth-order valence-corrected chi connectivity index (χ4v) is 6.20. The molecule has 0 radical (unpaired) electrons. The molecule has 0 atom stereocenters. The van der Waals surface area contributed by atoms with E-state index in [9.17, 15) is 4.39 Å². The molecule has 0 unspecified atom stereocenters. The van der Waals surface area contributed by atoms with Crippen LogP contribution in [-0.4, -0.2) is 0 Å². The molecule has 1 heteroatoms. The van der Waals surface area contributed by atoms with Crippen molar-refractivity contribution in [2.45, 2.75) is 25.7 Å². The minimum absolute atomic E-state index is 0.175. The van der Waals surface area contributed by atoms with Gasteiger partial charge in [0.05, 0.1) is 0 Å². The molecule has 0 aliphatic heterocycles. The van der Waals surface area contributed by atoms with Crippen LogP contribution in [0, 0.1) is 5.82 Å². The molecule has 0 amide bonds. The van der Waals surface area contributed by atoms with Gasteiger partial charge in [-0.05, 0) is 92.1 Å². The maximum Gasteiger partial charge on any atom is 0.131 e. The van der Waals surface area contributed by atoms with Gasteiger partial charge in [-0.25, -0.2) is 4.39 Å². The Kier molecular flexibility index (Phi) is 4.70. The fourth-order valence-electron chi connectivity index (χ4n) is 6.20. The molecule has 0 spiro atoms. The number of halogens is 1. The number of benzene rings is 6. The molecule has 0 bridgehead atoms. The van der Waals surface area contributed by atoms with Gasteiger partial charge in [0.1, 0.15) is 5.82 Å². The molecule has 1 aliphatic rings. The molecular formula is C34H25F. The van der Waals surface area contributed by atoms with Crippen LogP contribution in [0.2, 0.25) is 0 Å². The Morgan fingerprint density at radius 2 is 0.971 bits per heavy atom. The normalized spacial score (nSPS) is 13.4. The van der Waals surface area contributed by atoms with Crippen LogP contribution in [0.3, 0.4) is 0 Å². The van der Waals surface area contributed by atoms with Gasteiger partial charge in [-0.1, -0.05) is 97.1 Å². The minimum atomic E-state index is -0.175. The highest BCUT2D eigenvalue weighted by atomic mass is 19.1. The molecule has 0 N–H and O–H groups in total. The Hall–Kier alpha value is -3.97. The van der Waals surface area contributed by atoms with Crippen LogP contribution in [0.5, 0.6) is 0 Å². The molecule has 6 aromatic rings. The summed E-state index contributed by atoms with van der Waals surface area (Å²) in [5.74, 6) is -0.175. The number of fused-ring (bicyclic) bond motifs is 4. The van der Waals surface area contributed by atoms with E-state index in [2.05, 4.69) is 66.7 Å². The molecule has 1 aliphatic carbocycles. The highest BCUT2D eigenvalue weighted by Gasteiger charge is 2.21. The summed E-state index contributed by atoms with van der Waals surface area (Å²) in [7, 11) is 0. The van der Waals surface area contributed by atoms with Crippen molar-refractivity contribution in [3.8, 4) is 22.3 Å². The lowest BCUT2D eigenvalue weighted by Crippen LogP contribution is -2.04. The van der Waals surface area contributed by atoms with Crippen LogP contribution in [0.25, 0.3) is 54.6 Å². The second kappa shape index (κ2) is 8.06. The zero-order valence-electron chi connectivity index (χ0n) is 19.5. The van der Waals surface area contributed by atoms with E-state index in [1.54, 1.807) is 6.07 Å². The summed E-state index contributed by atoms with van der Waals surface area (Å²) in [6, 6.07) is 35.7. The third-order valence-electron chi connectivity index (χ3n) is 7.74. The standard InChI is InChI=1S/C34H25F/c35-32-21-20-31(24-13-3-4-14-25(24)32)34-29-17-7-5-15-27(29)33(28-16-6-8-18-30(28)34)26-19-9-11-22-10-1-2-12-23(22)26/h3-9,11,13-21H,1-2,10,12H2. The predicted molar refractivity (Wildman–Crippen MR) is 146 cm³/mol. The van der Waals surface area contributed by atoms with Gasteiger partial charge in [-0.2, -0.15) is 0 Å². The maximum absolute atomic E-state index is 14.8. The zero-order valence-corrected chi connectivity index (χ0v) is 19.5. The van der Waals surface area contributed by atoms with E-state index in [0.29, 0.717) is 5.39 Å². The molecule has 0 saturated carbocycles. The summed E-state index contributed by atoms with van der Waals surface area (Å²) in [4.78, 5) is 0. The Balaban J connectivity index is 1.66. The Morgan fingerprint density at radius 1 is 0.429 bits per heavy atom. The quantitative estimate of drug-likeness (QED) is 0.229. The molecule has 0 nitrogen and oxygen atoms in total. The van der Waals surface area contributed by atoms with Crippen molar-refractivity contribution in [3.05, 3.63) is 120 Å². The van der Waals surface area contributed by atoms with E-state index in [1.807, 2.05) is 30.3 Å². The second-order valence-corrected chi connectivity index (χ2v) is 9.63. The molecule has 0 aromatic heterocycles. The van der Waals surface area contributed by atoms with Crippen LogP contribution in [-0.2, 0) is 12.8 Å². The largest absolute Gasteiger partial charge is 0.206 e. The van der Waals surface area contributed by atoms with Gasteiger partial charge in [0.2, 0.25) is 0 Å². The average molecular weight is 453 g/mol. The van der Waals surface area contributed by atoms with Crippen LogP contribution >= 0.6 is 0 Å². The van der Waals surface area contributed by atoms with Crippen molar-refractivity contribution in [2.75, 3.05) is 0 Å². The first kappa shape index (κ1) is 20.4. The van der Waals surface area contributed by atoms with Gasteiger partial charge in [-0.3, -0.25) is 0 Å². The van der Waals surface area contributed by atoms with Crippen molar-refractivity contribution < 1.29 is 4.39 Å². The summed E-state index contributed by atoms with van der Waals surface area (Å²) in [5, 5.41) is 6.56. The van der Waals surface area contributed by atoms with Crippen molar-refractivity contribution >= 4 is 32.3 Å². The SMILES string of the molecule is Fc1ccc(-c2c3ccccc3c(-c3cccc4c3CCCC4)c3ccccc23)c2ccccc12. The van der Waals surface area contributed by atoms with Gasteiger partial charge in [0.25, 0.3) is 0 Å². The highest BCUT2D eigenvalue weighted by Crippen LogP contribution is 2.46. The lowest BCUT2D eigenvalue weighted by atomic mass is 9.80. The van der Waals surface area contributed by atoms with E-state index in [1.165, 1.54) is 68.6 Å². The summed E-state index contributed by atoms with van der Waals surface area (Å²) >= 11 is 0. The monoisotopic (exact) mass is 452 g/mol. The first-order chi connectivity index (χ1) is 17.3. The molecule has 0 heterocycles. The Morgan fingerprint density at radius 3 is 1.63 bits per heavy atom. The van der Waals surface area contributed by atoms with Gasteiger partial charge < -0.3 is 0 Å². The summed E-state index contributed by atoms with van der Waals surface area (Å²) in [5.41, 5.74) is 7.96. The van der Waals surface area contributed by atoms with Crippen LogP contribution < -0.4 is 0 Å². The smallest absolute Gasteiger partial charge is 0.131 e. The van der Waals surface area contributed by atoms with Gasteiger partial charge in [0.15, 0.2) is 0 Å². The number of aryl methyl sites for hydroxylation is 1. The van der Waals surface area contributed by atoms with Crippen molar-refractivity contribution in [2.24, 2.45) is 0 Å². The highest BCUT2D eigenvalue weighted by molar-refractivity contribution is 6.23. The molecule has 6 aromatic carbocycles. The number of hydrogen-bond acceptors (Lipinski definition) is 0. The van der Waals surface area contributed by atoms with Gasteiger partial charge in [-0.15, -0.1) is 0 Å². The third kappa shape index (κ3) is 3.12. The minimum Gasteiger partial charge on any atom is -0.206 e. The summed E-state index contributed by atoms with van der Waals surface area (Å²) < 4.78 is 14.8.